The maximum absolute atomic E-state index is 10.2. The van der Waals surface area contributed by atoms with Gasteiger partial charge >= 0.3 is 5.97 Å². The molecule has 2 rings (SSSR count). The number of carboxylic acid groups (broad SMARTS) is 1. The molecule has 1 aromatic carbocycles. The van der Waals surface area contributed by atoms with Gasteiger partial charge in [0.25, 0.3) is 0 Å². The quantitative estimate of drug-likeness (QED) is 0.834. The lowest BCUT2D eigenvalue weighted by Gasteiger charge is -2.08. The van der Waals surface area contributed by atoms with Gasteiger partial charge in [0, 0.05) is 0 Å². The summed E-state index contributed by atoms with van der Waals surface area (Å²) in [6.45, 7) is 6.16. The van der Waals surface area contributed by atoms with E-state index in [2.05, 4.69) is 11.8 Å². The van der Waals surface area contributed by atoms with E-state index in [0.29, 0.717) is 5.56 Å². The predicted octanol–water partition coefficient (Wildman–Crippen LogP) is 2.49. The van der Waals surface area contributed by atoms with E-state index < -0.39 is 5.97 Å². The number of hydrogen-bond acceptors (Lipinski definition) is 2. The van der Waals surface area contributed by atoms with E-state index in [1.807, 2.05) is 0 Å². The van der Waals surface area contributed by atoms with Crippen LogP contribution in [0.5, 0.6) is 0 Å². The molecule has 1 heterocycles. The number of aromatic carboxylic acids is 1. The number of rotatable bonds is 2. The van der Waals surface area contributed by atoms with Gasteiger partial charge in [-0.05, 0) is 44.6 Å². The molecule has 0 spiro atoms. The first-order chi connectivity index (χ1) is 7.74. The second-order valence-electron chi connectivity index (χ2n) is 3.81. The first-order valence-electron chi connectivity index (χ1n) is 5.74. The molecule has 0 aromatic heterocycles. The third kappa shape index (κ3) is 4.45. The summed E-state index contributed by atoms with van der Waals surface area (Å²) < 4.78 is 0. The van der Waals surface area contributed by atoms with Crippen molar-refractivity contribution in [3.05, 3.63) is 35.9 Å². The summed E-state index contributed by atoms with van der Waals surface area (Å²) in [6.07, 6.45) is 2.85. The van der Waals surface area contributed by atoms with Crippen molar-refractivity contribution in [2.24, 2.45) is 0 Å². The highest BCUT2D eigenvalue weighted by molar-refractivity contribution is 5.87. The minimum atomic E-state index is -0.879. The molecule has 0 atom stereocenters. The lowest BCUT2D eigenvalue weighted by Crippen LogP contribution is -2.17. The van der Waals surface area contributed by atoms with Crippen molar-refractivity contribution in [1.29, 1.82) is 0 Å². The molecule has 0 unspecified atom stereocenters. The van der Waals surface area contributed by atoms with Crippen molar-refractivity contribution in [2.45, 2.75) is 19.8 Å². The van der Waals surface area contributed by atoms with Gasteiger partial charge in [0.1, 0.15) is 0 Å². The molecule has 3 heteroatoms. The van der Waals surface area contributed by atoms with E-state index in [0.717, 1.165) is 0 Å². The number of benzene rings is 1. The topological polar surface area (TPSA) is 40.5 Å². The van der Waals surface area contributed by atoms with Crippen LogP contribution in [0.4, 0.5) is 0 Å². The third-order valence-electron chi connectivity index (χ3n) is 2.67. The van der Waals surface area contributed by atoms with Crippen molar-refractivity contribution in [3.63, 3.8) is 0 Å². The minimum Gasteiger partial charge on any atom is -0.478 e. The zero-order valence-electron chi connectivity index (χ0n) is 9.72. The molecule has 0 amide bonds. The van der Waals surface area contributed by atoms with Crippen LogP contribution in [0.3, 0.4) is 0 Å². The van der Waals surface area contributed by atoms with Gasteiger partial charge in [-0.25, -0.2) is 4.79 Å². The van der Waals surface area contributed by atoms with E-state index in [1.165, 1.54) is 32.5 Å². The summed E-state index contributed by atoms with van der Waals surface area (Å²) in [5.74, 6) is -0.879. The van der Waals surface area contributed by atoms with Crippen molar-refractivity contribution in [3.8, 4) is 0 Å². The average molecular weight is 221 g/mol. The second-order valence-corrected chi connectivity index (χ2v) is 3.81. The minimum absolute atomic E-state index is 0.331. The number of carboxylic acids is 1. The first kappa shape index (κ1) is 12.7. The summed E-state index contributed by atoms with van der Waals surface area (Å²) >= 11 is 0. The Labute approximate surface area is 96.7 Å². The molecule has 1 aliphatic heterocycles. The molecule has 1 fully saturated rings. The van der Waals surface area contributed by atoms with Crippen LogP contribution in [0.2, 0.25) is 0 Å². The molecule has 16 heavy (non-hydrogen) atoms. The number of hydrogen-bond donors (Lipinski definition) is 1. The van der Waals surface area contributed by atoms with E-state index >= 15 is 0 Å². The highest BCUT2D eigenvalue weighted by Crippen LogP contribution is 2.04. The standard InChI is InChI=1S/C7H6O2.C6H13N/c8-7(9)6-4-2-1-3-5-6;1-2-7-5-3-4-6-7/h1-5H,(H,8,9);2-6H2,1H3. The summed E-state index contributed by atoms with van der Waals surface area (Å²) in [5, 5.41) is 8.38. The molecule has 1 aliphatic rings. The van der Waals surface area contributed by atoms with Crippen LogP contribution in [-0.2, 0) is 0 Å². The van der Waals surface area contributed by atoms with Gasteiger partial charge in [0.2, 0.25) is 0 Å². The van der Waals surface area contributed by atoms with E-state index in [4.69, 9.17) is 5.11 Å². The van der Waals surface area contributed by atoms with Crippen molar-refractivity contribution in [2.75, 3.05) is 19.6 Å². The van der Waals surface area contributed by atoms with Crippen LogP contribution in [0.15, 0.2) is 30.3 Å². The molecule has 0 saturated carbocycles. The molecule has 1 aromatic rings. The lowest BCUT2D eigenvalue weighted by molar-refractivity contribution is 0.0697. The Morgan fingerprint density at radius 2 is 1.81 bits per heavy atom. The Bertz CT molecular complexity index is 305. The molecule has 0 aliphatic carbocycles. The summed E-state index contributed by atoms with van der Waals surface area (Å²) in [6, 6.07) is 8.30. The van der Waals surface area contributed by atoms with Crippen LogP contribution < -0.4 is 0 Å². The van der Waals surface area contributed by atoms with Gasteiger partial charge in [0.05, 0.1) is 5.56 Å². The number of nitrogens with zero attached hydrogens (tertiary/aromatic N) is 1. The van der Waals surface area contributed by atoms with Gasteiger partial charge in [-0.3, -0.25) is 0 Å². The third-order valence-corrected chi connectivity index (χ3v) is 2.67. The van der Waals surface area contributed by atoms with E-state index in [9.17, 15) is 4.79 Å². The SMILES string of the molecule is CCN1CCCC1.O=C(O)c1ccccc1. The van der Waals surface area contributed by atoms with Gasteiger partial charge in [-0.1, -0.05) is 25.1 Å². The Kier molecular flexibility index (Phi) is 5.57. The van der Waals surface area contributed by atoms with Crippen molar-refractivity contribution < 1.29 is 9.90 Å². The highest BCUT2D eigenvalue weighted by atomic mass is 16.4. The van der Waals surface area contributed by atoms with Crippen molar-refractivity contribution >= 4 is 5.97 Å². The molecule has 0 radical (unpaired) electrons. The van der Waals surface area contributed by atoms with Gasteiger partial charge in [-0.2, -0.15) is 0 Å². The zero-order chi connectivity index (χ0) is 11.8. The normalized spacial score (nSPS) is 15.3. The second kappa shape index (κ2) is 7.01. The molecule has 0 bridgehead atoms. The van der Waals surface area contributed by atoms with Crippen LogP contribution in [0, 0.1) is 0 Å². The Hall–Kier alpha value is -1.35. The monoisotopic (exact) mass is 221 g/mol. The highest BCUT2D eigenvalue weighted by Gasteiger charge is 2.06. The molecular formula is C13H19NO2. The van der Waals surface area contributed by atoms with Crippen LogP contribution >= 0.6 is 0 Å². The van der Waals surface area contributed by atoms with Gasteiger partial charge in [-0.15, -0.1) is 0 Å². The van der Waals surface area contributed by atoms with Gasteiger partial charge in [0.15, 0.2) is 0 Å². The molecule has 1 saturated heterocycles. The molecule has 3 nitrogen and oxygen atoms in total. The molecule has 88 valence electrons. The maximum atomic E-state index is 10.2. The summed E-state index contributed by atoms with van der Waals surface area (Å²) in [7, 11) is 0. The molecule has 1 N–H and O–H groups in total. The van der Waals surface area contributed by atoms with Crippen molar-refractivity contribution in [1.82, 2.24) is 4.90 Å². The number of likely N-dealkylation sites (tertiary alicyclic amines) is 1. The van der Waals surface area contributed by atoms with Crippen LogP contribution in [0.1, 0.15) is 30.1 Å². The Morgan fingerprint density at radius 3 is 2.12 bits per heavy atom. The predicted molar refractivity (Wildman–Crippen MR) is 64.7 cm³/mol. The summed E-state index contributed by atoms with van der Waals surface area (Å²) in [4.78, 5) is 12.7. The summed E-state index contributed by atoms with van der Waals surface area (Å²) in [5.41, 5.74) is 0.331. The zero-order valence-corrected chi connectivity index (χ0v) is 9.72. The maximum Gasteiger partial charge on any atom is 0.335 e. The average Bonchev–Trinajstić information content (AvgIpc) is 2.84. The Balaban J connectivity index is 0.000000165. The largest absolute Gasteiger partial charge is 0.478 e. The van der Waals surface area contributed by atoms with E-state index in [1.54, 1.807) is 30.3 Å². The van der Waals surface area contributed by atoms with Crippen LogP contribution in [-0.4, -0.2) is 35.6 Å². The smallest absolute Gasteiger partial charge is 0.335 e. The van der Waals surface area contributed by atoms with Crippen LogP contribution in [0.25, 0.3) is 0 Å². The lowest BCUT2D eigenvalue weighted by atomic mass is 10.2. The Morgan fingerprint density at radius 1 is 1.25 bits per heavy atom. The fraction of sp³-hybridized carbons (Fsp3) is 0.462. The molecular weight excluding hydrogens is 202 g/mol. The van der Waals surface area contributed by atoms with Gasteiger partial charge < -0.3 is 10.0 Å². The fourth-order valence-corrected chi connectivity index (χ4v) is 1.68. The fourth-order valence-electron chi connectivity index (χ4n) is 1.68. The first-order valence-corrected chi connectivity index (χ1v) is 5.74. The number of carbonyl (C=O) groups is 1. The van der Waals surface area contributed by atoms with E-state index in [-0.39, 0.29) is 0 Å².